The number of aliphatic hydroxyl groups is 1. The van der Waals surface area contributed by atoms with E-state index in [-0.39, 0.29) is 30.9 Å². The Morgan fingerprint density at radius 1 is 1.12 bits per heavy atom. The van der Waals surface area contributed by atoms with Gasteiger partial charge in [0.1, 0.15) is 5.75 Å². The zero-order valence-corrected chi connectivity index (χ0v) is 14.6. The van der Waals surface area contributed by atoms with E-state index in [1.165, 1.54) is 4.90 Å². The number of carbonyl (C=O) groups excluding carboxylic acids is 2. The number of piperazine rings is 1. The van der Waals surface area contributed by atoms with Crippen LogP contribution >= 0.6 is 0 Å². The van der Waals surface area contributed by atoms with Gasteiger partial charge in [0.15, 0.2) is 0 Å². The highest BCUT2D eigenvalue weighted by Gasteiger charge is 2.43. The van der Waals surface area contributed by atoms with Gasteiger partial charge in [0.05, 0.1) is 31.4 Å². The van der Waals surface area contributed by atoms with E-state index >= 15 is 0 Å². The van der Waals surface area contributed by atoms with Gasteiger partial charge < -0.3 is 9.84 Å². The summed E-state index contributed by atoms with van der Waals surface area (Å²) >= 11 is 0. The molecule has 2 fully saturated rings. The summed E-state index contributed by atoms with van der Waals surface area (Å²) in [6, 6.07) is 6.68. The molecule has 25 heavy (non-hydrogen) atoms. The van der Waals surface area contributed by atoms with E-state index in [2.05, 4.69) is 9.80 Å². The lowest BCUT2D eigenvalue weighted by Crippen LogP contribution is -2.52. The normalized spacial score (nSPS) is 22.6. The zero-order chi connectivity index (χ0) is 17.8. The monoisotopic (exact) mass is 347 g/mol. The topological polar surface area (TPSA) is 73.3 Å². The van der Waals surface area contributed by atoms with Crippen molar-refractivity contribution in [1.29, 1.82) is 0 Å². The molecule has 2 heterocycles. The molecule has 3 rings (SSSR count). The molecule has 2 saturated heterocycles. The lowest BCUT2D eigenvalue weighted by atomic mass is 10.1. The molecule has 0 saturated carbocycles. The molecule has 2 aliphatic rings. The maximum atomic E-state index is 12.8. The Labute approximate surface area is 147 Å². The van der Waals surface area contributed by atoms with Crippen LogP contribution in [0, 0.1) is 0 Å². The van der Waals surface area contributed by atoms with Crippen molar-refractivity contribution in [3.63, 3.8) is 0 Å². The van der Waals surface area contributed by atoms with Crippen LogP contribution < -0.4 is 9.64 Å². The number of aliphatic hydroxyl groups excluding tert-OH is 1. The molecule has 7 nitrogen and oxygen atoms in total. The fourth-order valence-electron chi connectivity index (χ4n) is 3.47. The van der Waals surface area contributed by atoms with E-state index in [4.69, 9.17) is 9.84 Å². The number of benzene rings is 1. The SMILES string of the molecule is CCOc1ccc(N2C(=O)CC(N3CCN(CCO)CC3)C2=O)cc1. The van der Waals surface area contributed by atoms with Crippen LogP contribution in [0.15, 0.2) is 24.3 Å². The van der Waals surface area contributed by atoms with Crippen molar-refractivity contribution in [1.82, 2.24) is 9.80 Å². The molecule has 136 valence electrons. The molecule has 0 bridgehead atoms. The second-order valence-electron chi connectivity index (χ2n) is 6.32. The second-order valence-corrected chi connectivity index (χ2v) is 6.32. The minimum atomic E-state index is -0.379. The molecule has 0 aliphatic carbocycles. The van der Waals surface area contributed by atoms with Crippen LogP contribution in [-0.2, 0) is 9.59 Å². The molecule has 1 aromatic rings. The highest BCUT2D eigenvalue weighted by molar-refractivity contribution is 6.22. The summed E-state index contributed by atoms with van der Waals surface area (Å²) < 4.78 is 5.40. The Bertz CT molecular complexity index is 611. The van der Waals surface area contributed by atoms with Crippen LogP contribution in [0.25, 0.3) is 0 Å². The van der Waals surface area contributed by atoms with Crippen LogP contribution in [0.4, 0.5) is 5.69 Å². The van der Waals surface area contributed by atoms with Gasteiger partial charge in [-0.3, -0.25) is 19.4 Å². The molecule has 1 aromatic carbocycles. The number of hydrogen-bond donors (Lipinski definition) is 1. The number of rotatable bonds is 6. The van der Waals surface area contributed by atoms with Crippen LogP contribution in [0.1, 0.15) is 13.3 Å². The molecule has 7 heteroatoms. The van der Waals surface area contributed by atoms with Crippen molar-refractivity contribution >= 4 is 17.5 Å². The van der Waals surface area contributed by atoms with Gasteiger partial charge in [-0.05, 0) is 31.2 Å². The van der Waals surface area contributed by atoms with E-state index in [9.17, 15) is 9.59 Å². The maximum Gasteiger partial charge on any atom is 0.251 e. The summed E-state index contributed by atoms with van der Waals surface area (Å²) in [5, 5.41) is 9.02. The van der Waals surface area contributed by atoms with Gasteiger partial charge >= 0.3 is 0 Å². The van der Waals surface area contributed by atoms with Crippen molar-refractivity contribution in [2.45, 2.75) is 19.4 Å². The van der Waals surface area contributed by atoms with Crippen LogP contribution in [0.3, 0.4) is 0 Å². The molecular formula is C18H25N3O4. The van der Waals surface area contributed by atoms with E-state index in [0.717, 1.165) is 31.9 Å². The molecule has 1 unspecified atom stereocenters. The summed E-state index contributed by atoms with van der Waals surface area (Å²) in [4.78, 5) is 30.8. The fourth-order valence-corrected chi connectivity index (χ4v) is 3.47. The lowest BCUT2D eigenvalue weighted by molar-refractivity contribution is -0.123. The smallest absolute Gasteiger partial charge is 0.251 e. The van der Waals surface area contributed by atoms with Gasteiger partial charge in [0.25, 0.3) is 5.91 Å². The molecule has 1 atom stereocenters. The highest BCUT2D eigenvalue weighted by atomic mass is 16.5. The first kappa shape index (κ1) is 17.8. The number of nitrogens with zero attached hydrogens (tertiary/aromatic N) is 3. The first-order chi connectivity index (χ1) is 12.1. The van der Waals surface area contributed by atoms with Gasteiger partial charge in [0.2, 0.25) is 5.91 Å². The Balaban J connectivity index is 1.66. The molecular weight excluding hydrogens is 322 g/mol. The number of hydrogen-bond acceptors (Lipinski definition) is 6. The first-order valence-corrected chi connectivity index (χ1v) is 8.81. The van der Waals surface area contributed by atoms with Crippen molar-refractivity contribution < 1.29 is 19.4 Å². The minimum Gasteiger partial charge on any atom is -0.494 e. The van der Waals surface area contributed by atoms with Gasteiger partial charge in [-0.1, -0.05) is 0 Å². The third-order valence-corrected chi connectivity index (χ3v) is 4.79. The zero-order valence-electron chi connectivity index (χ0n) is 14.6. The summed E-state index contributed by atoms with van der Waals surface area (Å²) in [6.07, 6.45) is 0.228. The summed E-state index contributed by atoms with van der Waals surface area (Å²) in [7, 11) is 0. The molecule has 2 aliphatic heterocycles. The average Bonchev–Trinajstić information content (AvgIpc) is 2.92. The van der Waals surface area contributed by atoms with E-state index < -0.39 is 0 Å². The quantitative estimate of drug-likeness (QED) is 0.748. The predicted octanol–water partition coefficient (Wildman–Crippen LogP) is 0.327. The first-order valence-electron chi connectivity index (χ1n) is 8.81. The summed E-state index contributed by atoms with van der Waals surface area (Å²) in [5.41, 5.74) is 0.597. The molecule has 2 amide bonds. The number of imide groups is 1. The molecule has 0 radical (unpaired) electrons. The Morgan fingerprint density at radius 3 is 2.40 bits per heavy atom. The maximum absolute atomic E-state index is 12.8. The Hall–Kier alpha value is -1.96. The Kier molecular flexibility index (Phi) is 5.67. The van der Waals surface area contributed by atoms with Crippen LogP contribution in [0.2, 0.25) is 0 Å². The van der Waals surface area contributed by atoms with Crippen molar-refractivity contribution in [3.05, 3.63) is 24.3 Å². The average molecular weight is 347 g/mol. The minimum absolute atomic E-state index is 0.145. The predicted molar refractivity (Wildman–Crippen MR) is 93.6 cm³/mol. The standard InChI is InChI=1S/C18H25N3O4/c1-2-25-15-5-3-14(4-6-15)21-17(23)13-16(18(21)24)20-9-7-19(8-10-20)11-12-22/h3-6,16,22H,2,7-13H2,1H3. The van der Waals surface area contributed by atoms with Crippen molar-refractivity contribution in [2.24, 2.45) is 0 Å². The summed E-state index contributed by atoms with van der Waals surface area (Å²) in [5.74, 6) is 0.420. The third-order valence-electron chi connectivity index (χ3n) is 4.79. The lowest BCUT2D eigenvalue weighted by Gasteiger charge is -2.36. The molecule has 0 spiro atoms. The van der Waals surface area contributed by atoms with Gasteiger partial charge in [-0.2, -0.15) is 0 Å². The number of β-amino-alcohol motifs (C(OH)–C–C–N with tert-alkyl or cyclic N) is 1. The highest BCUT2D eigenvalue weighted by Crippen LogP contribution is 2.27. The van der Waals surface area contributed by atoms with Crippen LogP contribution in [-0.4, -0.2) is 78.7 Å². The van der Waals surface area contributed by atoms with E-state index in [1.54, 1.807) is 24.3 Å². The van der Waals surface area contributed by atoms with Gasteiger partial charge in [-0.25, -0.2) is 4.90 Å². The van der Waals surface area contributed by atoms with E-state index in [0.29, 0.717) is 18.8 Å². The number of carbonyl (C=O) groups is 2. The van der Waals surface area contributed by atoms with Gasteiger partial charge in [0, 0.05) is 32.7 Å². The largest absolute Gasteiger partial charge is 0.494 e. The Morgan fingerprint density at radius 2 is 1.80 bits per heavy atom. The van der Waals surface area contributed by atoms with Crippen LogP contribution in [0.5, 0.6) is 5.75 Å². The fraction of sp³-hybridized carbons (Fsp3) is 0.556. The number of anilines is 1. The van der Waals surface area contributed by atoms with Crippen molar-refractivity contribution in [2.75, 3.05) is 50.8 Å². The number of amides is 2. The third kappa shape index (κ3) is 3.84. The molecule has 0 aromatic heterocycles. The second kappa shape index (κ2) is 7.95. The summed E-state index contributed by atoms with van der Waals surface area (Å²) in [6.45, 7) is 6.37. The van der Waals surface area contributed by atoms with Crippen molar-refractivity contribution in [3.8, 4) is 5.75 Å². The van der Waals surface area contributed by atoms with E-state index in [1.807, 2.05) is 6.92 Å². The van der Waals surface area contributed by atoms with Gasteiger partial charge in [-0.15, -0.1) is 0 Å². The molecule has 1 N–H and O–H groups in total. The number of ether oxygens (including phenoxy) is 1.